The first kappa shape index (κ1) is 14.5. The van der Waals surface area contributed by atoms with Crippen LogP contribution >= 0.6 is 15.9 Å². The molecule has 1 rings (SSSR count). The number of rotatable bonds is 7. The van der Waals surface area contributed by atoms with Crippen LogP contribution in [0.3, 0.4) is 0 Å². The van der Waals surface area contributed by atoms with E-state index < -0.39 is 0 Å². The van der Waals surface area contributed by atoms with E-state index in [9.17, 15) is 0 Å². The summed E-state index contributed by atoms with van der Waals surface area (Å²) in [5.74, 6) is 0.912. The summed E-state index contributed by atoms with van der Waals surface area (Å²) in [5, 5.41) is 3.13. The van der Waals surface area contributed by atoms with E-state index >= 15 is 0 Å². The highest BCUT2D eigenvalue weighted by Gasteiger charge is 2.04. The normalized spacial score (nSPS) is 10.9. The first-order valence-corrected chi connectivity index (χ1v) is 6.60. The average molecular weight is 302 g/mol. The van der Waals surface area contributed by atoms with E-state index in [2.05, 4.69) is 27.3 Å². The second-order valence-corrected chi connectivity index (χ2v) is 4.97. The Morgan fingerprint density at radius 1 is 1.29 bits per heavy atom. The van der Waals surface area contributed by atoms with E-state index in [1.165, 1.54) is 0 Å². The van der Waals surface area contributed by atoms with Crippen LogP contribution in [0.25, 0.3) is 0 Å². The zero-order valence-corrected chi connectivity index (χ0v) is 12.2. The minimum absolute atomic E-state index is 0.250. The van der Waals surface area contributed by atoms with Crippen molar-refractivity contribution in [2.24, 2.45) is 0 Å². The molecule has 0 amide bonds. The smallest absolute Gasteiger partial charge is 0.123 e. The Morgan fingerprint density at radius 2 is 2.06 bits per heavy atom. The topological polar surface area (TPSA) is 30.5 Å². The van der Waals surface area contributed by atoms with Crippen LogP contribution in [0.5, 0.6) is 5.75 Å². The summed E-state index contributed by atoms with van der Waals surface area (Å²) in [7, 11) is 1.92. The van der Waals surface area contributed by atoms with Crippen molar-refractivity contribution in [1.29, 1.82) is 0 Å². The van der Waals surface area contributed by atoms with Gasteiger partial charge in [-0.25, -0.2) is 0 Å². The van der Waals surface area contributed by atoms with Crippen molar-refractivity contribution in [3.63, 3.8) is 0 Å². The van der Waals surface area contributed by atoms with E-state index in [1.54, 1.807) is 0 Å². The molecule has 0 saturated heterocycles. The van der Waals surface area contributed by atoms with Crippen LogP contribution in [-0.2, 0) is 11.3 Å². The number of ether oxygens (including phenoxy) is 2. The van der Waals surface area contributed by atoms with E-state index in [-0.39, 0.29) is 6.10 Å². The molecule has 0 aliphatic rings. The van der Waals surface area contributed by atoms with Crippen molar-refractivity contribution in [3.05, 3.63) is 28.2 Å². The molecular weight excluding hydrogens is 282 g/mol. The molecule has 96 valence electrons. The summed E-state index contributed by atoms with van der Waals surface area (Å²) in [6, 6.07) is 6.03. The molecule has 3 nitrogen and oxygen atoms in total. The van der Waals surface area contributed by atoms with E-state index in [4.69, 9.17) is 9.47 Å². The average Bonchev–Trinajstić information content (AvgIpc) is 2.27. The predicted molar refractivity (Wildman–Crippen MR) is 73.5 cm³/mol. The van der Waals surface area contributed by atoms with E-state index in [0.717, 1.165) is 22.3 Å². The van der Waals surface area contributed by atoms with Gasteiger partial charge >= 0.3 is 0 Å². The predicted octanol–water partition coefficient (Wildman–Crippen LogP) is 2.97. The molecule has 0 fully saturated rings. The van der Waals surface area contributed by atoms with Gasteiger partial charge in [0, 0.05) is 16.6 Å². The largest absolute Gasteiger partial charge is 0.491 e. The number of hydrogen-bond donors (Lipinski definition) is 1. The quantitative estimate of drug-likeness (QED) is 0.786. The van der Waals surface area contributed by atoms with Gasteiger partial charge in [0.15, 0.2) is 0 Å². The van der Waals surface area contributed by atoms with Gasteiger partial charge < -0.3 is 14.8 Å². The molecule has 0 atom stereocenters. The van der Waals surface area contributed by atoms with Crippen LogP contribution in [0.2, 0.25) is 0 Å². The van der Waals surface area contributed by atoms with Gasteiger partial charge in [-0.1, -0.05) is 15.9 Å². The Bertz CT molecular complexity index is 342. The zero-order valence-electron chi connectivity index (χ0n) is 10.6. The van der Waals surface area contributed by atoms with Crippen LogP contribution in [-0.4, -0.2) is 26.4 Å². The van der Waals surface area contributed by atoms with E-state index in [0.29, 0.717) is 13.2 Å². The standard InChI is InChI=1S/C13H20BrNO2/c1-10(2)16-6-7-17-13-5-4-12(14)8-11(13)9-15-3/h4-5,8,10,15H,6-7,9H2,1-3H3. The van der Waals surface area contributed by atoms with E-state index in [1.807, 2.05) is 33.0 Å². The molecular formula is C13H20BrNO2. The molecule has 0 heterocycles. The summed E-state index contributed by atoms with van der Waals surface area (Å²) in [5.41, 5.74) is 1.14. The Hall–Kier alpha value is -0.580. The van der Waals surface area contributed by atoms with Gasteiger partial charge in [-0.2, -0.15) is 0 Å². The first-order chi connectivity index (χ1) is 8.13. The number of nitrogens with one attached hydrogen (secondary N) is 1. The lowest BCUT2D eigenvalue weighted by Crippen LogP contribution is -2.13. The molecule has 1 aromatic carbocycles. The molecule has 0 aliphatic carbocycles. The summed E-state index contributed by atoms with van der Waals surface area (Å²) in [6.45, 7) is 6.03. The van der Waals surface area contributed by atoms with Crippen molar-refractivity contribution in [1.82, 2.24) is 5.32 Å². The fourth-order valence-electron chi connectivity index (χ4n) is 1.45. The maximum atomic E-state index is 5.71. The third-order valence-corrected chi connectivity index (χ3v) is 2.68. The highest BCUT2D eigenvalue weighted by atomic mass is 79.9. The van der Waals surface area contributed by atoms with Crippen LogP contribution < -0.4 is 10.1 Å². The Labute approximate surface area is 112 Å². The maximum absolute atomic E-state index is 5.71. The fraction of sp³-hybridized carbons (Fsp3) is 0.538. The second-order valence-electron chi connectivity index (χ2n) is 4.05. The molecule has 0 spiro atoms. The molecule has 1 aromatic rings. The monoisotopic (exact) mass is 301 g/mol. The lowest BCUT2D eigenvalue weighted by molar-refractivity contribution is 0.0550. The lowest BCUT2D eigenvalue weighted by atomic mass is 10.2. The Balaban J connectivity index is 2.51. The van der Waals surface area contributed by atoms with Crippen molar-refractivity contribution in [3.8, 4) is 5.75 Å². The Kier molecular flexibility index (Phi) is 6.55. The van der Waals surface area contributed by atoms with Gasteiger partial charge in [-0.05, 0) is 39.1 Å². The first-order valence-electron chi connectivity index (χ1n) is 5.81. The van der Waals surface area contributed by atoms with Crippen LogP contribution in [0.15, 0.2) is 22.7 Å². The van der Waals surface area contributed by atoms with Gasteiger partial charge in [-0.3, -0.25) is 0 Å². The highest BCUT2D eigenvalue weighted by Crippen LogP contribution is 2.23. The van der Waals surface area contributed by atoms with Crippen LogP contribution in [0.1, 0.15) is 19.4 Å². The van der Waals surface area contributed by atoms with Gasteiger partial charge in [0.2, 0.25) is 0 Å². The molecule has 0 bridgehead atoms. The molecule has 1 N–H and O–H groups in total. The highest BCUT2D eigenvalue weighted by molar-refractivity contribution is 9.10. The molecule has 0 unspecified atom stereocenters. The summed E-state index contributed by atoms with van der Waals surface area (Å²) in [6.07, 6.45) is 0.250. The minimum atomic E-state index is 0.250. The minimum Gasteiger partial charge on any atom is -0.491 e. The van der Waals surface area contributed by atoms with Crippen molar-refractivity contribution in [2.45, 2.75) is 26.5 Å². The van der Waals surface area contributed by atoms with Crippen molar-refractivity contribution in [2.75, 3.05) is 20.3 Å². The Morgan fingerprint density at radius 3 is 2.71 bits per heavy atom. The molecule has 0 radical (unpaired) electrons. The third-order valence-electron chi connectivity index (χ3n) is 2.18. The van der Waals surface area contributed by atoms with Crippen molar-refractivity contribution < 1.29 is 9.47 Å². The summed E-state index contributed by atoms with van der Waals surface area (Å²) < 4.78 is 12.2. The van der Waals surface area contributed by atoms with Gasteiger partial charge in [0.1, 0.15) is 12.4 Å². The van der Waals surface area contributed by atoms with Crippen LogP contribution in [0.4, 0.5) is 0 Å². The van der Waals surface area contributed by atoms with Crippen molar-refractivity contribution >= 4 is 15.9 Å². The van der Waals surface area contributed by atoms with Gasteiger partial charge in [0.05, 0.1) is 12.7 Å². The third kappa shape index (κ3) is 5.52. The molecule has 4 heteroatoms. The summed E-state index contributed by atoms with van der Waals surface area (Å²) >= 11 is 3.46. The van der Waals surface area contributed by atoms with Gasteiger partial charge in [0.25, 0.3) is 0 Å². The fourth-order valence-corrected chi connectivity index (χ4v) is 1.86. The molecule has 0 aliphatic heterocycles. The van der Waals surface area contributed by atoms with Crippen LogP contribution in [0, 0.1) is 0 Å². The molecule has 0 aromatic heterocycles. The lowest BCUT2D eigenvalue weighted by Gasteiger charge is -2.13. The second kappa shape index (κ2) is 7.69. The molecule has 17 heavy (non-hydrogen) atoms. The SMILES string of the molecule is CNCc1cc(Br)ccc1OCCOC(C)C. The number of benzene rings is 1. The van der Waals surface area contributed by atoms with Gasteiger partial charge in [-0.15, -0.1) is 0 Å². The summed E-state index contributed by atoms with van der Waals surface area (Å²) in [4.78, 5) is 0. The maximum Gasteiger partial charge on any atom is 0.123 e. The number of halogens is 1. The number of hydrogen-bond acceptors (Lipinski definition) is 3. The zero-order chi connectivity index (χ0) is 12.7. The molecule has 0 saturated carbocycles.